The van der Waals surface area contributed by atoms with E-state index in [1.165, 1.54) is 11.1 Å². The van der Waals surface area contributed by atoms with Crippen molar-refractivity contribution >= 4 is 51.1 Å². The van der Waals surface area contributed by atoms with E-state index < -0.39 is 9.84 Å². The molecule has 0 unspecified atom stereocenters. The Kier molecular flexibility index (Phi) is 9.59. The lowest BCUT2D eigenvalue weighted by molar-refractivity contribution is 0.486. The molecule has 0 aliphatic rings. The summed E-state index contributed by atoms with van der Waals surface area (Å²) in [7, 11) is -1.13. The average Bonchev–Trinajstić information content (AvgIpc) is 3.09. The maximum atomic E-state index is 11.5. The molecule has 0 amide bonds. The monoisotopic (exact) mass is 507 g/mol. The van der Waals surface area contributed by atoms with Gasteiger partial charge >= 0.3 is 0 Å². The van der Waals surface area contributed by atoms with Gasteiger partial charge in [-0.2, -0.15) is 0 Å². The lowest BCUT2D eigenvalue weighted by atomic mass is 10.2. The number of sulfone groups is 1. The van der Waals surface area contributed by atoms with E-state index in [2.05, 4.69) is 32.7 Å². The highest BCUT2D eigenvalue weighted by Crippen LogP contribution is 2.12. The largest absolute Gasteiger partial charge is 0.357 e. The minimum atomic E-state index is -3.16. The first kappa shape index (κ1) is 22.9. The van der Waals surface area contributed by atoms with Crippen molar-refractivity contribution in [3.63, 3.8) is 0 Å². The summed E-state index contributed by atoms with van der Waals surface area (Å²) in [4.78, 5) is 8.47. The Hall–Kier alpha value is -1.13. The van der Waals surface area contributed by atoms with Gasteiger partial charge in [-0.05, 0) is 42.5 Å². The average molecular weight is 507 g/mol. The minimum absolute atomic E-state index is 0. The molecule has 1 heterocycles. The second-order valence-electron chi connectivity index (χ2n) is 5.84. The predicted octanol–water partition coefficient (Wildman–Crippen LogP) is 3.41. The fourth-order valence-corrected chi connectivity index (χ4v) is 3.65. The SMILES string of the molecule is CCNC(=NCc1ccc(S(C)(=O)=O)cc1)N(C)CCc1cccs1.I. The molecule has 0 bridgehead atoms. The number of nitrogens with one attached hydrogen (secondary N) is 1. The molecule has 8 heteroatoms. The van der Waals surface area contributed by atoms with Gasteiger partial charge in [0.2, 0.25) is 0 Å². The van der Waals surface area contributed by atoms with Crippen molar-refractivity contribution < 1.29 is 8.42 Å². The Morgan fingerprint density at radius 2 is 1.92 bits per heavy atom. The minimum Gasteiger partial charge on any atom is -0.357 e. The normalized spacial score (nSPS) is 11.7. The molecular formula is C18H26IN3O2S2. The predicted molar refractivity (Wildman–Crippen MR) is 120 cm³/mol. The molecule has 26 heavy (non-hydrogen) atoms. The van der Waals surface area contributed by atoms with Crippen LogP contribution in [-0.2, 0) is 22.8 Å². The Balaban J connectivity index is 0.00000338. The van der Waals surface area contributed by atoms with Crippen LogP contribution >= 0.6 is 35.3 Å². The molecule has 2 aromatic rings. The second kappa shape index (κ2) is 10.9. The van der Waals surface area contributed by atoms with Gasteiger partial charge in [-0.15, -0.1) is 35.3 Å². The van der Waals surface area contributed by atoms with E-state index in [0.717, 1.165) is 31.0 Å². The third kappa shape index (κ3) is 7.24. The summed E-state index contributed by atoms with van der Waals surface area (Å²) in [5, 5.41) is 5.39. The molecule has 0 fully saturated rings. The number of rotatable bonds is 7. The number of benzene rings is 1. The fraction of sp³-hybridized carbons (Fsp3) is 0.389. The lowest BCUT2D eigenvalue weighted by Gasteiger charge is -2.21. The summed E-state index contributed by atoms with van der Waals surface area (Å²) < 4.78 is 23.0. The Morgan fingerprint density at radius 3 is 2.46 bits per heavy atom. The molecule has 0 aliphatic carbocycles. The summed E-state index contributed by atoms with van der Waals surface area (Å²) in [6.45, 7) is 4.24. The highest BCUT2D eigenvalue weighted by atomic mass is 127. The molecule has 0 atom stereocenters. The van der Waals surface area contributed by atoms with Crippen LogP contribution in [0.4, 0.5) is 0 Å². The van der Waals surface area contributed by atoms with E-state index in [0.29, 0.717) is 11.4 Å². The Bertz CT molecular complexity index is 788. The first-order chi connectivity index (χ1) is 11.9. The molecule has 5 nitrogen and oxygen atoms in total. The number of guanidine groups is 1. The third-order valence-corrected chi connectivity index (χ3v) is 5.80. The quantitative estimate of drug-likeness (QED) is 0.355. The van der Waals surface area contributed by atoms with E-state index in [9.17, 15) is 8.42 Å². The van der Waals surface area contributed by atoms with Crippen LogP contribution in [0.5, 0.6) is 0 Å². The number of thiophene rings is 1. The molecule has 1 N–H and O–H groups in total. The van der Waals surface area contributed by atoms with Crippen LogP contribution in [0, 0.1) is 0 Å². The molecule has 1 aromatic carbocycles. The zero-order valence-corrected chi connectivity index (χ0v) is 19.3. The molecule has 0 saturated heterocycles. The second-order valence-corrected chi connectivity index (χ2v) is 8.89. The van der Waals surface area contributed by atoms with E-state index in [1.807, 2.05) is 26.1 Å². The molecular weight excluding hydrogens is 481 g/mol. The van der Waals surface area contributed by atoms with Crippen LogP contribution in [0.3, 0.4) is 0 Å². The number of hydrogen-bond acceptors (Lipinski definition) is 4. The summed E-state index contributed by atoms with van der Waals surface area (Å²) >= 11 is 1.77. The van der Waals surface area contributed by atoms with E-state index >= 15 is 0 Å². The van der Waals surface area contributed by atoms with Crippen molar-refractivity contribution in [2.45, 2.75) is 24.8 Å². The van der Waals surface area contributed by atoms with Crippen LogP contribution in [0.1, 0.15) is 17.4 Å². The van der Waals surface area contributed by atoms with Crippen molar-refractivity contribution in [2.24, 2.45) is 4.99 Å². The van der Waals surface area contributed by atoms with Gasteiger partial charge in [-0.25, -0.2) is 13.4 Å². The van der Waals surface area contributed by atoms with Gasteiger partial charge < -0.3 is 10.2 Å². The number of nitrogens with zero attached hydrogens (tertiary/aromatic N) is 2. The van der Waals surface area contributed by atoms with Crippen LogP contribution < -0.4 is 5.32 Å². The number of halogens is 1. The first-order valence-corrected chi connectivity index (χ1v) is 11.0. The van der Waals surface area contributed by atoms with Crippen molar-refractivity contribution in [3.8, 4) is 0 Å². The first-order valence-electron chi connectivity index (χ1n) is 8.21. The van der Waals surface area contributed by atoms with Crippen LogP contribution in [0.15, 0.2) is 51.7 Å². The van der Waals surface area contributed by atoms with Gasteiger partial charge in [0.15, 0.2) is 15.8 Å². The standard InChI is InChI=1S/C18H25N3O2S2.HI/c1-4-19-18(21(2)12-11-16-6-5-13-24-16)20-14-15-7-9-17(10-8-15)25(3,22)23;/h5-10,13H,4,11-12,14H2,1-3H3,(H,19,20);1H. The van der Waals surface area contributed by atoms with Crippen LogP contribution in [0.25, 0.3) is 0 Å². The maximum absolute atomic E-state index is 11.5. The van der Waals surface area contributed by atoms with Crippen LogP contribution in [0.2, 0.25) is 0 Å². The number of likely N-dealkylation sites (N-methyl/N-ethyl adjacent to an activating group) is 1. The highest BCUT2D eigenvalue weighted by Gasteiger charge is 2.08. The lowest BCUT2D eigenvalue weighted by Crippen LogP contribution is -2.39. The molecule has 0 saturated carbocycles. The van der Waals surface area contributed by atoms with Crippen LogP contribution in [-0.4, -0.2) is 45.7 Å². The topological polar surface area (TPSA) is 61.8 Å². The van der Waals surface area contributed by atoms with E-state index in [-0.39, 0.29) is 24.0 Å². The van der Waals surface area contributed by atoms with Gasteiger partial charge in [0.1, 0.15) is 0 Å². The number of aliphatic imine (C=N–C) groups is 1. The molecule has 2 rings (SSSR count). The van der Waals surface area contributed by atoms with Gasteiger partial charge in [0.05, 0.1) is 11.4 Å². The summed E-state index contributed by atoms with van der Waals surface area (Å²) in [5.41, 5.74) is 0.981. The summed E-state index contributed by atoms with van der Waals surface area (Å²) in [6, 6.07) is 11.1. The van der Waals surface area contributed by atoms with Crippen molar-refractivity contribution in [3.05, 3.63) is 52.2 Å². The highest BCUT2D eigenvalue weighted by molar-refractivity contribution is 14.0. The Morgan fingerprint density at radius 1 is 1.23 bits per heavy atom. The third-order valence-electron chi connectivity index (χ3n) is 3.73. The molecule has 0 radical (unpaired) electrons. The fourth-order valence-electron chi connectivity index (χ4n) is 2.32. The summed E-state index contributed by atoms with van der Waals surface area (Å²) in [6.07, 6.45) is 2.20. The van der Waals surface area contributed by atoms with Crippen molar-refractivity contribution in [2.75, 3.05) is 26.4 Å². The number of hydrogen-bond donors (Lipinski definition) is 1. The van der Waals surface area contributed by atoms with Crippen molar-refractivity contribution in [1.82, 2.24) is 10.2 Å². The summed E-state index contributed by atoms with van der Waals surface area (Å²) in [5.74, 6) is 0.853. The van der Waals surface area contributed by atoms with Gasteiger partial charge in [0.25, 0.3) is 0 Å². The molecule has 0 spiro atoms. The van der Waals surface area contributed by atoms with Gasteiger partial charge in [-0.3, -0.25) is 0 Å². The van der Waals surface area contributed by atoms with Gasteiger partial charge in [0, 0.05) is 31.3 Å². The zero-order chi connectivity index (χ0) is 18.3. The van der Waals surface area contributed by atoms with Crippen molar-refractivity contribution in [1.29, 1.82) is 0 Å². The van der Waals surface area contributed by atoms with E-state index in [4.69, 9.17) is 0 Å². The molecule has 1 aromatic heterocycles. The molecule has 144 valence electrons. The Labute approximate surface area is 177 Å². The zero-order valence-electron chi connectivity index (χ0n) is 15.3. The van der Waals surface area contributed by atoms with Gasteiger partial charge in [-0.1, -0.05) is 18.2 Å². The smallest absolute Gasteiger partial charge is 0.193 e. The molecule has 0 aliphatic heterocycles. The van der Waals surface area contributed by atoms with E-state index in [1.54, 1.807) is 23.5 Å². The maximum Gasteiger partial charge on any atom is 0.193 e.